The summed E-state index contributed by atoms with van der Waals surface area (Å²) in [5.74, 6) is 0.934. The van der Waals surface area contributed by atoms with Crippen LogP contribution in [0, 0.1) is 6.92 Å². The molecule has 128 valence electrons. The molecule has 1 aliphatic rings. The zero-order chi connectivity index (χ0) is 17.2. The molecule has 1 aliphatic heterocycles. The smallest absolute Gasteiger partial charge is 0.119 e. The van der Waals surface area contributed by atoms with Crippen LogP contribution in [0.5, 0.6) is 5.75 Å². The highest BCUT2D eigenvalue weighted by atomic mass is 16.5. The zero-order valence-electron chi connectivity index (χ0n) is 14.7. The molecule has 0 aliphatic carbocycles. The first-order valence-corrected chi connectivity index (χ1v) is 8.72. The largest absolute Gasteiger partial charge is 0.497 e. The molecule has 2 heterocycles. The quantitative estimate of drug-likeness (QED) is 0.703. The Labute approximate surface area is 148 Å². The third-order valence-electron chi connectivity index (χ3n) is 5.08. The topological polar surface area (TPSA) is 30.3 Å². The first kappa shape index (κ1) is 15.9. The molecule has 4 nitrogen and oxygen atoms in total. The lowest BCUT2D eigenvalue weighted by Gasteiger charge is -2.41. The summed E-state index contributed by atoms with van der Waals surface area (Å²) in [6.45, 7) is 4.30. The summed E-state index contributed by atoms with van der Waals surface area (Å²) in [5.41, 5.74) is 5.14. The highest BCUT2D eigenvalue weighted by molar-refractivity contribution is 5.40. The van der Waals surface area contributed by atoms with E-state index in [-0.39, 0.29) is 0 Å². The first-order valence-electron chi connectivity index (χ1n) is 8.72. The van der Waals surface area contributed by atoms with E-state index >= 15 is 0 Å². The maximum Gasteiger partial charge on any atom is 0.119 e. The van der Waals surface area contributed by atoms with E-state index in [0.717, 1.165) is 24.5 Å². The van der Waals surface area contributed by atoms with Crippen molar-refractivity contribution in [1.82, 2.24) is 14.7 Å². The molecule has 1 unspecified atom stereocenters. The lowest BCUT2D eigenvalue weighted by Crippen LogP contribution is -2.40. The Bertz CT molecular complexity index is 857. The fourth-order valence-electron chi connectivity index (χ4n) is 3.50. The van der Waals surface area contributed by atoms with Crippen molar-refractivity contribution in [3.05, 3.63) is 77.6 Å². The van der Waals surface area contributed by atoms with Gasteiger partial charge in [-0.05, 0) is 60.4 Å². The summed E-state index contributed by atoms with van der Waals surface area (Å²) < 4.78 is 7.27. The number of aromatic nitrogens is 2. The highest BCUT2D eigenvalue weighted by Crippen LogP contribution is 2.36. The van der Waals surface area contributed by atoms with E-state index in [1.165, 1.54) is 23.1 Å². The van der Waals surface area contributed by atoms with Crippen LogP contribution in [0.2, 0.25) is 0 Å². The third-order valence-corrected chi connectivity index (χ3v) is 5.08. The number of benzene rings is 2. The van der Waals surface area contributed by atoms with Crippen molar-refractivity contribution in [2.24, 2.45) is 0 Å². The predicted molar refractivity (Wildman–Crippen MR) is 99.1 cm³/mol. The van der Waals surface area contributed by atoms with Gasteiger partial charge in [-0.15, -0.1) is 0 Å². The fourth-order valence-corrected chi connectivity index (χ4v) is 3.50. The number of aryl methyl sites for hydroxylation is 1. The number of ether oxygens (including phenoxy) is 1. The van der Waals surface area contributed by atoms with Gasteiger partial charge in [-0.25, -0.2) is 4.68 Å². The molecule has 0 saturated carbocycles. The molecule has 1 atom stereocenters. The molecular formula is C21H23N3O. The van der Waals surface area contributed by atoms with Gasteiger partial charge in [-0.3, -0.25) is 4.90 Å². The van der Waals surface area contributed by atoms with Crippen molar-refractivity contribution in [3.8, 4) is 11.4 Å². The van der Waals surface area contributed by atoms with Crippen LogP contribution in [-0.4, -0.2) is 28.3 Å². The zero-order valence-corrected chi connectivity index (χ0v) is 14.7. The van der Waals surface area contributed by atoms with Gasteiger partial charge in [-0.1, -0.05) is 18.2 Å². The Balaban J connectivity index is 1.50. The highest BCUT2D eigenvalue weighted by Gasteiger charge is 2.29. The Hall–Kier alpha value is -2.59. The average molecular weight is 333 g/mol. The second kappa shape index (κ2) is 6.73. The monoisotopic (exact) mass is 333 g/mol. The Kier molecular flexibility index (Phi) is 4.28. The van der Waals surface area contributed by atoms with Crippen molar-refractivity contribution >= 4 is 0 Å². The summed E-state index contributed by atoms with van der Waals surface area (Å²) in [6, 6.07) is 17.5. The van der Waals surface area contributed by atoms with Crippen LogP contribution in [0.25, 0.3) is 5.69 Å². The average Bonchev–Trinajstić information content (AvgIpc) is 3.14. The number of hydrogen-bond acceptors (Lipinski definition) is 3. The molecule has 2 aromatic carbocycles. The van der Waals surface area contributed by atoms with Crippen LogP contribution in [-0.2, 0) is 6.54 Å². The van der Waals surface area contributed by atoms with Crippen molar-refractivity contribution in [2.45, 2.75) is 25.9 Å². The fraction of sp³-hybridized carbons (Fsp3) is 0.286. The van der Waals surface area contributed by atoms with E-state index < -0.39 is 0 Å². The number of hydrogen-bond donors (Lipinski definition) is 0. The summed E-state index contributed by atoms with van der Waals surface area (Å²) in [6.07, 6.45) is 4.99. The van der Waals surface area contributed by atoms with E-state index in [0.29, 0.717) is 6.04 Å². The van der Waals surface area contributed by atoms with Crippen LogP contribution in [0.4, 0.5) is 0 Å². The maximum atomic E-state index is 5.37. The molecule has 0 radical (unpaired) electrons. The minimum absolute atomic E-state index is 0.486. The summed E-state index contributed by atoms with van der Waals surface area (Å²) in [5, 5.41) is 4.31. The lowest BCUT2D eigenvalue weighted by molar-refractivity contribution is 0.0815. The van der Waals surface area contributed by atoms with Crippen molar-refractivity contribution < 1.29 is 4.74 Å². The predicted octanol–water partition coefficient (Wildman–Crippen LogP) is 4.14. The van der Waals surface area contributed by atoms with E-state index in [2.05, 4.69) is 53.3 Å². The Morgan fingerprint density at radius 2 is 2.08 bits per heavy atom. The molecule has 1 saturated heterocycles. The minimum Gasteiger partial charge on any atom is -0.497 e. The van der Waals surface area contributed by atoms with Gasteiger partial charge in [0.1, 0.15) is 5.75 Å². The van der Waals surface area contributed by atoms with Crippen LogP contribution < -0.4 is 4.74 Å². The van der Waals surface area contributed by atoms with Crippen LogP contribution >= 0.6 is 0 Å². The maximum absolute atomic E-state index is 5.37. The molecule has 1 fully saturated rings. The molecule has 25 heavy (non-hydrogen) atoms. The van der Waals surface area contributed by atoms with E-state index in [4.69, 9.17) is 4.74 Å². The van der Waals surface area contributed by atoms with Gasteiger partial charge in [0, 0.05) is 31.5 Å². The Morgan fingerprint density at radius 1 is 1.16 bits per heavy atom. The molecule has 4 heteroatoms. The molecule has 1 aromatic heterocycles. The van der Waals surface area contributed by atoms with Gasteiger partial charge >= 0.3 is 0 Å². The lowest BCUT2D eigenvalue weighted by atomic mass is 9.93. The van der Waals surface area contributed by atoms with Crippen LogP contribution in [0.3, 0.4) is 0 Å². The van der Waals surface area contributed by atoms with E-state index in [1.807, 2.05) is 29.2 Å². The second-order valence-corrected chi connectivity index (χ2v) is 6.61. The van der Waals surface area contributed by atoms with Gasteiger partial charge in [0.05, 0.1) is 12.8 Å². The number of likely N-dealkylation sites (tertiary alicyclic amines) is 1. The second-order valence-electron chi connectivity index (χ2n) is 6.61. The summed E-state index contributed by atoms with van der Waals surface area (Å²) in [7, 11) is 1.72. The van der Waals surface area contributed by atoms with Crippen molar-refractivity contribution in [2.75, 3.05) is 13.7 Å². The molecule has 4 rings (SSSR count). The third kappa shape index (κ3) is 3.17. The van der Waals surface area contributed by atoms with Crippen molar-refractivity contribution in [1.29, 1.82) is 0 Å². The van der Waals surface area contributed by atoms with Gasteiger partial charge < -0.3 is 4.74 Å². The van der Waals surface area contributed by atoms with Gasteiger partial charge in [0.25, 0.3) is 0 Å². The summed E-state index contributed by atoms with van der Waals surface area (Å²) in [4.78, 5) is 2.53. The molecule has 0 spiro atoms. The van der Waals surface area contributed by atoms with E-state index in [9.17, 15) is 0 Å². The summed E-state index contributed by atoms with van der Waals surface area (Å²) >= 11 is 0. The van der Waals surface area contributed by atoms with Gasteiger partial charge in [0.2, 0.25) is 0 Å². The van der Waals surface area contributed by atoms with E-state index in [1.54, 1.807) is 7.11 Å². The molecular weight excluding hydrogens is 310 g/mol. The standard InChI is InChI=1S/C21H23N3O/c1-16-13-19(24-11-4-10-22-24)8-7-18(16)15-23-12-9-21(23)17-5-3-6-20(14-17)25-2/h3-8,10-11,13-14,21H,9,12,15H2,1-2H3. The van der Waals surface area contributed by atoms with Crippen LogP contribution in [0.1, 0.15) is 29.2 Å². The number of nitrogens with zero attached hydrogens (tertiary/aromatic N) is 3. The first-order chi connectivity index (χ1) is 12.2. The Morgan fingerprint density at radius 3 is 2.76 bits per heavy atom. The van der Waals surface area contributed by atoms with Gasteiger partial charge in [0.15, 0.2) is 0 Å². The minimum atomic E-state index is 0.486. The number of rotatable bonds is 5. The molecule has 0 amide bonds. The molecule has 0 N–H and O–H groups in total. The SMILES string of the molecule is COc1cccc(C2CCN2Cc2ccc(-n3cccn3)cc2C)c1. The van der Waals surface area contributed by atoms with Crippen molar-refractivity contribution in [3.63, 3.8) is 0 Å². The normalized spacial score (nSPS) is 17.3. The van der Waals surface area contributed by atoms with Crippen LogP contribution in [0.15, 0.2) is 60.9 Å². The van der Waals surface area contributed by atoms with Gasteiger partial charge in [-0.2, -0.15) is 5.10 Å². The molecule has 0 bridgehead atoms. The molecule has 3 aromatic rings. The number of methoxy groups -OCH3 is 1.